The molecule has 5 aliphatic heterocycles. The van der Waals surface area contributed by atoms with E-state index in [4.69, 9.17) is 19.7 Å². The number of methoxy groups -OCH3 is 1. The van der Waals surface area contributed by atoms with Crippen LogP contribution in [0.3, 0.4) is 0 Å². The highest BCUT2D eigenvalue weighted by Crippen LogP contribution is 2.45. The molecule has 6 aliphatic rings. The Labute approximate surface area is 291 Å². The molecule has 1 aliphatic carbocycles. The second-order valence-electron chi connectivity index (χ2n) is 13.5. The van der Waals surface area contributed by atoms with Gasteiger partial charge in [-0.3, -0.25) is 14.4 Å². The van der Waals surface area contributed by atoms with Crippen molar-refractivity contribution < 1.29 is 24.2 Å². The maximum Gasteiger partial charge on any atom is 0.305 e. The highest BCUT2D eigenvalue weighted by atomic mass is 16.5. The summed E-state index contributed by atoms with van der Waals surface area (Å²) >= 11 is 0. The van der Waals surface area contributed by atoms with Crippen molar-refractivity contribution in [1.29, 1.82) is 0 Å². The van der Waals surface area contributed by atoms with Crippen molar-refractivity contribution >= 4 is 34.7 Å². The minimum atomic E-state index is -0.294. The molecule has 0 spiro atoms. The molecule has 0 amide bonds. The van der Waals surface area contributed by atoms with E-state index in [2.05, 4.69) is 19.2 Å². The number of ketones is 2. The SMILES string of the molecule is CCC1=C(C)C2=CC3=NC(=C(C)/C3=C(/O)CC(=O)c3ccccc3)C=C3NC(=C4CC(=O)C5=C(C)C(=CC1=N2)N=C45)[C@@H](CCC(=O)OC)[C@@H]3C. The average Bonchev–Trinajstić information content (AvgIpc) is 3.86. The molecule has 7 rings (SSSR count). The molecule has 0 aromatic heterocycles. The first-order chi connectivity index (χ1) is 24.0. The largest absolute Gasteiger partial charge is 0.511 e. The molecule has 5 heterocycles. The number of benzene rings is 1. The first-order valence-corrected chi connectivity index (χ1v) is 17.2. The third-order valence-electron chi connectivity index (χ3n) is 10.6. The highest BCUT2D eigenvalue weighted by Gasteiger charge is 2.43. The van der Waals surface area contributed by atoms with Crippen LogP contribution in [0, 0.1) is 11.8 Å². The fourth-order valence-corrected chi connectivity index (χ4v) is 7.79. The quantitative estimate of drug-likeness (QED) is 0.176. The zero-order valence-corrected chi connectivity index (χ0v) is 29.2. The van der Waals surface area contributed by atoms with Crippen molar-refractivity contribution in [2.45, 2.75) is 66.7 Å². The van der Waals surface area contributed by atoms with Gasteiger partial charge in [0.05, 0.1) is 47.8 Å². The fraction of sp³-hybridized carbons (Fsp3) is 0.317. The number of hydrogen-bond donors (Lipinski definition) is 2. The Morgan fingerprint density at radius 1 is 0.960 bits per heavy atom. The van der Waals surface area contributed by atoms with Gasteiger partial charge in [-0.25, -0.2) is 15.0 Å². The number of aliphatic hydroxyl groups is 1. The molecule has 2 atom stereocenters. The number of carbonyl (C=O) groups excluding carboxylic acids is 3. The molecule has 9 nitrogen and oxygen atoms in total. The second-order valence-corrected chi connectivity index (χ2v) is 13.5. The van der Waals surface area contributed by atoms with Gasteiger partial charge in [-0.2, -0.15) is 0 Å². The Balaban J connectivity index is 1.44. The number of nitrogens with zero attached hydrogens (tertiary/aromatic N) is 3. The van der Waals surface area contributed by atoms with Gasteiger partial charge in [0, 0.05) is 58.4 Å². The standard InChI is InChI=1S/C41H40N4O5/c1-7-25-20(2)28-18-33-38(36(48)19-34(46)24-11-9-8-10-12-24)22(4)30(43-33)16-29-21(3)26(13-14-37(49)50-6)40(44-29)27-15-35(47)39-23(5)31(45-41(27)39)17-32(25)42-28/h8-12,16-18,21,26,44,48H,7,13-15,19H2,1-6H3/b28-18?,29-16?,31-17?,38-36-,40-27?/t21-,26-/m0/s1. The fourth-order valence-electron chi connectivity index (χ4n) is 7.79. The van der Waals surface area contributed by atoms with E-state index in [0.29, 0.717) is 51.6 Å². The Hall–Kier alpha value is -5.44. The average molecular weight is 669 g/mol. The van der Waals surface area contributed by atoms with Crippen molar-refractivity contribution in [3.8, 4) is 0 Å². The lowest BCUT2D eigenvalue weighted by Crippen LogP contribution is -2.15. The number of Topliss-reactive ketones (excluding diaryl/α,β-unsaturated/α-hetero) is 2. The van der Waals surface area contributed by atoms with Crippen LogP contribution in [0.15, 0.2) is 137 Å². The Bertz CT molecular complexity index is 2140. The van der Waals surface area contributed by atoms with E-state index in [-0.39, 0.29) is 54.4 Å². The van der Waals surface area contributed by atoms with E-state index in [9.17, 15) is 19.5 Å². The zero-order valence-electron chi connectivity index (χ0n) is 29.2. The van der Waals surface area contributed by atoms with Gasteiger partial charge in [-0.05, 0) is 74.1 Å². The molecule has 1 aromatic carbocycles. The molecular formula is C41H40N4O5. The second kappa shape index (κ2) is 12.8. The molecule has 254 valence electrons. The van der Waals surface area contributed by atoms with Crippen molar-refractivity contribution in [2.24, 2.45) is 26.8 Å². The van der Waals surface area contributed by atoms with Gasteiger partial charge in [-0.15, -0.1) is 0 Å². The molecule has 50 heavy (non-hydrogen) atoms. The van der Waals surface area contributed by atoms with E-state index < -0.39 is 0 Å². The lowest BCUT2D eigenvalue weighted by molar-refractivity contribution is -0.140. The van der Waals surface area contributed by atoms with Crippen LogP contribution < -0.4 is 5.32 Å². The molecule has 0 unspecified atom stereocenters. The van der Waals surface area contributed by atoms with E-state index in [1.807, 2.05) is 45.1 Å². The summed E-state index contributed by atoms with van der Waals surface area (Å²) in [6.45, 7) is 10.1. The smallest absolute Gasteiger partial charge is 0.305 e. The molecular weight excluding hydrogens is 628 g/mol. The number of nitrogens with one attached hydrogen (secondary N) is 1. The molecule has 1 aromatic rings. The van der Waals surface area contributed by atoms with Gasteiger partial charge in [0.25, 0.3) is 0 Å². The monoisotopic (exact) mass is 668 g/mol. The predicted molar refractivity (Wildman–Crippen MR) is 194 cm³/mol. The van der Waals surface area contributed by atoms with E-state index in [1.54, 1.807) is 24.3 Å². The van der Waals surface area contributed by atoms with Gasteiger partial charge in [0.15, 0.2) is 11.6 Å². The molecule has 0 radical (unpaired) electrons. The van der Waals surface area contributed by atoms with Crippen LogP contribution in [0.2, 0.25) is 0 Å². The number of allylic oxidation sites excluding steroid dienone is 13. The normalized spacial score (nSPS) is 23.5. The van der Waals surface area contributed by atoms with Crippen LogP contribution in [-0.2, 0) is 14.3 Å². The highest BCUT2D eigenvalue weighted by molar-refractivity contribution is 6.38. The maximum atomic E-state index is 13.6. The van der Waals surface area contributed by atoms with Gasteiger partial charge in [0.1, 0.15) is 5.76 Å². The van der Waals surface area contributed by atoms with Crippen LogP contribution >= 0.6 is 0 Å². The topological polar surface area (TPSA) is 130 Å². The number of rotatable bonds is 7. The molecule has 1 saturated carbocycles. The summed E-state index contributed by atoms with van der Waals surface area (Å²) in [4.78, 5) is 54.3. The summed E-state index contributed by atoms with van der Waals surface area (Å²) in [5, 5.41) is 15.3. The van der Waals surface area contributed by atoms with Gasteiger partial charge in [-0.1, -0.05) is 44.2 Å². The number of aliphatic hydroxyl groups excluding tert-OH is 1. The van der Waals surface area contributed by atoms with Gasteiger partial charge >= 0.3 is 5.97 Å². The minimum absolute atomic E-state index is 0.0298. The predicted octanol–water partition coefficient (Wildman–Crippen LogP) is 7.45. The maximum absolute atomic E-state index is 13.6. The number of aliphatic imine (C=N–C) groups is 3. The Morgan fingerprint density at radius 2 is 1.68 bits per heavy atom. The Kier molecular flexibility index (Phi) is 8.46. The van der Waals surface area contributed by atoms with Crippen LogP contribution in [0.4, 0.5) is 0 Å². The van der Waals surface area contributed by atoms with Crippen molar-refractivity contribution in [3.05, 3.63) is 127 Å². The summed E-state index contributed by atoms with van der Waals surface area (Å²) in [7, 11) is 1.39. The summed E-state index contributed by atoms with van der Waals surface area (Å²) in [5.41, 5.74) is 11.9. The minimum Gasteiger partial charge on any atom is -0.511 e. The van der Waals surface area contributed by atoms with E-state index in [0.717, 1.165) is 51.4 Å². The number of esters is 1. The number of fused-ring (bicyclic) bond motifs is 5. The third kappa shape index (κ3) is 5.50. The van der Waals surface area contributed by atoms with Crippen LogP contribution in [0.5, 0.6) is 0 Å². The summed E-state index contributed by atoms with van der Waals surface area (Å²) in [6.07, 6.45) is 7.35. The van der Waals surface area contributed by atoms with E-state index >= 15 is 0 Å². The summed E-state index contributed by atoms with van der Waals surface area (Å²) in [6, 6.07) is 8.94. The van der Waals surface area contributed by atoms with Crippen molar-refractivity contribution in [3.63, 3.8) is 0 Å². The van der Waals surface area contributed by atoms with E-state index in [1.165, 1.54) is 7.11 Å². The van der Waals surface area contributed by atoms with Crippen LogP contribution in [-0.4, -0.2) is 46.9 Å². The van der Waals surface area contributed by atoms with Gasteiger partial charge < -0.3 is 15.2 Å². The lowest BCUT2D eigenvalue weighted by Gasteiger charge is -2.17. The Morgan fingerprint density at radius 3 is 2.40 bits per heavy atom. The molecule has 2 N–H and O–H groups in total. The number of carbonyl (C=O) groups is 3. The molecule has 9 heteroatoms. The molecule has 2 fully saturated rings. The van der Waals surface area contributed by atoms with Crippen molar-refractivity contribution in [2.75, 3.05) is 7.11 Å². The number of hydrogen-bond acceptors (Lipinski definition) is 9. The third-order valence-corrected chi connectivity index (χ3v) is 10.6. The summed E-state index contributed by atoms with van der Waals surface area (Å²) in [5.74, 6) is -0.682. The zero-order chi connectivity index (χ0) is 35.4. The number of ether oxygens (including phenoxy) is 1. The van der Waals surface area contributed by atoms with Gasteiger partial charge in [0.2, 0.25) is 0 Å². The van der Waals surface area contributed by atoms with Crippen LogP contribution in [0.1, 0.15) is 77.1 Å². The molecule has 8 bridgehead atoms. The summed E-state index contributed by atoms with van der Waals surface area (Å²) < 4.78 is 4.98. The lowest BCUT2D eigenvalue weighted by atomic mass is 9.86. The first-order valence-electron chi connectivity index (χ1n) is 17.2. The molecule has 1 saturated heterocycles. The first kappa shape index (κ1) is 33.1. The van der Waals surface area contributed by atoms with Crippen LogP contribution in [0.25, 0.3) is 0 Å². The van der Waals surface area contributed by atoms with Crippen molar-refractivity contribution in [1.82, 2.24) is 5.32 Å².